The Morgan fingerprint density at radius 2 is 2.14 bits per heavy atom. The Labute approximate surface area is 163 Å². The van der Waals surface area contributed by atoms with Gasteiger partial charge in [0.15, 0.2) is 12.0 Å². The minimum Gasteiger partial charge on any atom is -0.618 e. The number of ketones is 1. The van der Waals surface area contributed by atoms with Crippen molar-refractivity contribution in [1.29, 1.82) is 0 Å². The van der Waals surface area contributed by atoms with Gasteiger partial charge in [-0.1, -0.05) is 6.92 Å². The molecule has 10 nitrogen and oxygen atoms in total. The van der Waals surface area contributed by atoms with Crippen LogP contribution in [0.4, 0.5) is 0 Å². The van der Waals surface area contributed by atoms with Crippen molar-refractivity contribution in [3.63, 3.8) is 0 Å². The van der Waals surface area contributed by atoms with E-state index < -0.39 is 51.2 Å². The fourth-order valence-electron chi connectivity index (χ4n) is 2.85. The van der Waals surface area contributed by atoms with Crippen molar-refractivity contribution in [3.05, 3.63) is 29.6 Å². The Morgan fingerprint density at radius 1 is 1.43 bits per heavy atom. The van der Waals surface area contributed by atoms with E-state index in [1.807, 2.05) is 0 Å². The summed E-state index contributed by atoms with van der Waals surface area (Å²) in [6, 6.07) is 3.20. The molecule has 11 heteroatoms. The number of nitrogens with zero attached hydrogens (tertiary/aromatic N) is 2. The summed E-state index contributed by atoms with van der Waals surface area (Å²) in [7, 11) is -4.13. The van der Waals surface area contributed by atoms with Crippen molar-refractivity contribution in [2.24, 2.45) is 11.7 Å². The van der Waals surface area contributed by atoms with Crippen LogP contribution < -0.4 is 15.8 Å². The number of primary amides is 1. The molecule has 2 amide bonds. The van der Waals surface area contributed by atoms with Gasteiger partial charge in [-0.15, -0.1) is 0 Å². The molecule has 3 N–H and O–H groups in total. The van der Waals surface area contributed by atoms with Gasteiger partial charge in [-0.05, 0) is 25.3 Å². The van der Waals surface area contributed by atoms with Crippen molar-refractivity contribution in [2.75, 3.05) is 13.1 Å². The number of rotatable bonds is 7. The number of amides is 2. The van der Waals surface area contributed by atoms with E-state index >= 15 is 0 Å². The topological polar surface area (TPSA) is 154 Å². The molecular weight excluding hydrogens is 388 g/mol. The summed E-state index contributed by atoms with van der Waals surface area (Å²) >= 11 is 0. The highest BCUT2D eigenvalue weighted by Gasteiger charge is 2.36. The highest BCUT2D eigenvalue weighted by atomic mass is 32.2. The van der Waals surface area contributed by atoms with Crippen LogP contribution in [-0.4, -0.2) is 49.5 Å². The molecule has 2 heterocycles. The van der Waals surface area contributed by atoms with Crippen LogP contribution in [-0.2, 0) is 24.4 Å². The summed E-state index contributed by atoms with van der Waals surface area (Å²) in [6.45, 7) is 1.24. The number of hydrogen-bond acceptors (Lipinski definition) is 6. The van der Waals surface area contributed by atoms with E-state index in [0.29, 0.717) is 6.42 Å². The summed E-state index contributed by atoms with van der Waals surface area (Å²) in [5.74, 6) is -1.81. The molecule has 1 aromatic rings. The summed E-state index contributed by atoms with van der Waals surface area (Å²) in [4.78, 5) is 35.6. The van der Waals surface area contributed by atoms with Gasteiger partial charge in [0.25, 0.3) is 0 Å². The van der Waals surface area contributed by atoms with Gasteiger partial charge in [0.2, 0.25) is 11.8 Å². The fraction of sp³-hybridized carbons (Fsp3) is 0.529. The van der Waals surface area contributed by atoms with Crippen LogP contribution >= 0.6 is 0 Å². The molecule has 0 radical (unpaired) electrons. The predicted octanol–water partition coefficient (Wildman–Crippen LogP) is -0.940. The number of carbonyl (C=O) groups is 3. The minimum absolute atomic E-state index is 0.0378. The molecular formula is C17H24N4O6S. The number of nitrogens with one attached hydrogen (secondary N) is 1. The van der Waals surface area contributed by atoms with Crippen molar-refractivity contribution in [3.8, 4) is 0 Å². The Hall–Kier alpha value is -2.53. The highest BCUT2D eigenvalue weighted by molar-refractivity contribution is 7.89. The molecule has 28 heavy (non-hydrogen) atoms. The van der Waals surface area contributed by atoms with Crippen molar-refractivity contribution in [2.45, 2.75) is 43.7 Å². The van der Waals surface area contributed by atoms with Gasteiger partial charge < -0.3 is 16.3 Å². The second-order valence-electron chi connectivity index (χ2n) is 6.77. The highest BCUT2D eigenvalue weighted by Crippen LogP contribution is 2.17. The van der Waals surface area contributed by atoms with Gasteiger partial charge in [-0.2, -0.15) is 9.04 Å². The zero-order valence-electron chi connectivity index (χ0n) is 15.5. The van der Waals surface area contributed by atoms with E-state index in [9.17, 15) is 28.0 Å². The van der Waals surface area contributed by atoms with Crippen molar-refractivity contribution >= 4 is 27.6 Å². The lowest BCUT2D eigenvalue weighted by Crippen LogP contribution is -2.46. The Morgan fingerprint density at radius 3 is 2.79 bits per heavy atom. The van der Waals surface area contributed by atoms with E-state index in [1.54, 1.807) is 6.92 Å². The molecule has 1 aliphatic rings. The van der Waals surface area contributed by atoms with E-state index in [0.717, 1.165) is 10.5 Å². The van der Waals surface area contributed by atoms with Gasteiger partial charge in [0.05, 0.1) is 12.6 Å². The minimum atomic E-state index is -4.13. The van der Waals surface area contributed by atoms with Gasteiger partial charge in [-0.3, -0.25) is 14.4 Å². The molecule has 0 spiro atoms. The fourth-order valence-corrected chi connectivity index (χ4v) is 4.32. The summed E-state index contributed by atoms with van der Waals surface area (Å²) in [6.07, 6.45) is 2.01. The van der Waals surface area contributed by atoms with Gasteiger partial charge >= 0.3 is 15.0 Å². The van der Waals surface area contributed by atoms with Crippen LogP contribution in [0.2, 0.25) is 0 Å². The molecule has 0 aromatic carbocycles. The Bertz CT molecular complexity index is 857. The number of carbonyl (C=O) groups excluding carboxylic acids is 3. The molecule has 0 bridgehead atoms. The predicted molar refractivity (Wildman–Crippen MR) is 97.9 cm³/mol. The first-order valence-corrected chi connectivity index (χ1v) is 10.4. The van der Waals surface area contributed by atoms with Crippen LogP contribution in [0, 0.1) is 11.1 Å². The molecule has 1 saturated heterocycles. The van der Waals surface area contributed by atoms with Crippen LogP contribution in [0.3, 0.4) is 0 Å². The molecule has 2 rings (SSSR count). The molecule has 1 aliphatic heterocycles. The Balaban J connectivity index is 2.02. The van der Waals surface area contributed by atoms with Gasteiger partial charge in [0.1, 0.15) is 0 Å². The van der Waals surface area contributed by atoms with E-state index in [2.05, 4.69) is 5.32 Å². The SMILES string of the molecule is CC(CCC(=O)N[C@H]1CCCN(S(=O)(=O)c2cccc[n+]2[O-])CC1=O)C(N)=O. The molecule has 0 aliphatic carbocycles. The van der Waals surface area contributed by atoms with Crippen molar-refractivity contribution < 1.29 is 27.5 Å². The third-order valence-electron chi connectivity index (χ3n) is 4.64. The number of pyridine rings is 1. The summed E-state index contributed by atoms with van der Waals surface area (Å²) in [5, 5.41) is 13.9. The number of sulfonamides is 1. The van der Waals surface area contributed by atoms with Crippen molar-refractivity contribution in [1.82, 2.24) is 9.62 Å². The normalized spacial score (nSPS) is 19.6. The number of hydrogen-bond donors (Lipinski definition) is 2. The summed E-state index contributed by atoms with van der Waals surface area (Å²) in [5.41, 5.74) is 5.15. The molecule has 154 valence electrons. The molecule has 2 atom stereocenters. The number of nitrogens with two attached hydrogens (primary N) is 1. The third-order valence-corrected chi connectivity index (χ3v) is 6.48. The van der Waals surface area contributed by atoms with Crippen LogP contribution in [0.15, 0.2) is 29.4 Å². The standard InChI is InChI=1S/C17H24N4O6S/c1-12(17(18)24)7-8-15(23)19-13-5-4-9-20(11-14(13)22)28(26,27)16-6-2-3-10-21(16)25/h2-3,6,10,12-13H,4-5,7-9,11H2,1H3,(H2,18,24)(H,19,23)/t12?,13-/m0/s1. The Kier molecular flexibility index (Phi) is 7.08. The van der Waals surface area contributed by atoms with E-state index in [4.69, 9.17) is 5.73 Å². The van der Waals surface area contributed by atoms with Crippen LogP contribution in [0.1, 0.15) is 32.6 Å². The maximum atomic E-state index is 12.7. The van der Waals surface area contributed by atoms with Crippen LogP contribution in [0.25, 0.3) is 0 Å². The molecule has 1 fully saturated rings. The monoisotopic (exact) mass is 412 g/mol. The molecule has 1 aromatic heterocycles. The second kappa shape index (κ2) is 9.11. The number of aromatic nitrogens is 1. The first kappa shape index (κ1) is 21.8. The lowest BCUT2D eigenvalue weighted by molar-refractivity contribution is -0.646. The van der Waals surface area contributed by atoms with Crippen LogP contribution in [0.5, 0.6) is 0 Å². The lowest BCUT2D eigenvalue weighted by Gasteiger charge is -2.19. The summed E-state index contributed by atoms with van der Waals surface area (Å²) < 4.78 is 26.6. The zero-order valence-corrected chi connectivity index (χ0v) is 16.4. The van der Waals surface area contributed by atoms with Gasteiger partial charge in [0, 0.05) is 31.0 Å². The average molecular weight is 412 g/mol. The second-order valence-corrected chi connectivity index (χ2v) is 8.66. The third kappa shape index (κ3) is 5.26. The number of Topliss-reactive ketones (excluding diaryl/α,β-unsaturated/α-hetero) is 1. The maximum Gasteiger partial charge on any atom is 0.323 e. The quantitative estimate of drug-likeness (QED) is 0.435. The van der Waals surface area contributed by atoms with E-state index in [-0.39, 0.29) is 30.5 Å². The molecule has 0 saturated carbocycles. The lowest BCUT2D eigenvalue weighted by atomic mass is 10.0. The average Bonchev–Trinajstić information content (AvgIpc) is 2.82. The largest absolute Gasteiger partial charge is 0.618 e. The first-order valence-electron chi connectivity index (χ1n) is 8.92. The van der Waals surface area contributed by atoms with Gasteiger partial charge in [-0.25, -0.2) is 8.42 Å². The molecule has 1 unspecified atom stereocenters. The smallest absolute Gasteiger partial charge is 0.323 e. The zero-order chi connectivity index (χ0) is 20.9. The van der Waals surface area contributed by atoms with E-state index in [1.165, 1.54) is 18.2 Å². The maximum absolute atomic E-state index is 12.7. The first-order chi connectivity index (χ1) is 13.1.